The van der Waals surface area contributed by atoms with Gasteiger partial charge in [-0.3, -0.25) is 4.79 Å². The van der Waals surface area contributed by atoms with Crippen LogP contribution in [0.3, 0.4) is 0 Å². The number of hydrogen-bond donors (Lipinski definition) is 3. The summed E-state index contributed by atoms with van der Waals surface area (Å²) in [5.74, 6) is -0.661. The number of rotatable bonds is 4. The second-order valence-corrected chi connectivity index (χ2v) is 3.53. The van der Waals surface area contributed by atoms with Crippen molar-refractivity contribution in [1.82, 2.24) is 0 Å². The van der Waals surface area contributed by atoms with Gasteiger partial charge in [0.15, 0.2) is 0 Å². The van der Waals surface area contributed by atoms with Crippen LogP contribution in [0.1, 0.15) is 12.8 Å². The third kappa shape index (κ3) is 3.32. The molecule has 0 radical (unpaired) electrons. The van der Waals surface area contributed by atoms with Crippen molar-refractivity contribution in [2.45, 2.75) is 24.9 Å². The minimum atomic E-state index is -0.939. The van der Waals surface area contributed by atoms with Crippen molar-refractivity contribution < 1.29 is 9.90 Å². The summed E-state index contributed by atoms with van der Waals surface area (Å²) in [5.41, 5.74) is 11.0. The molecule has 78 valence electrons. The fourth-order valence-electron chi connectivity index (χ4n) is 1.36. The van der Waals surface area contributed by atoms with Gasteiger partial charge in [0.25, 0.3) is 0 Å². The molecule has 5 N–H and O–H groups in total. The molecule has 1 rings (SSSR count). The molecule has 1 aliphatic rings. The average molecular weight is 196 g/mol. The van der Waals surface area contributed by atoms with E-state index in [2.05, 4.69) is 0 Å². The number of carboxylic acids is 1. The van der Waals surface area contributed by atoms with Gasteiger partial charge in [-0.1, -0.05) is 24.3 Å². The molecule has 1 atom stereocenters. The van der Waals surface area contributed by atoms with E-state index in [1.807, 2.05) is 24.3 Å². The summed E-state index contributed by atoms with van der Waals surface area (Å²) in [6, 6.07) is -0.758. The fraction of sp³-hybridized carbons (Fsp3) is 0.500. The summed E-state index contributed by atoms with van der Waals surface area (Å²) in [6.07, 6.45) is 9.07. The van der Waals surface area contributed by atoms with E-state index in [0.717, 1.165) is 6.42 Å². The minimum absolute atomic E-state index is 0.000558. The molecule has 1 aliphatic carbocycles. The van der Waals surface area contributed by atoms with Crippen LogP contribution in [0.4, 0.5) is 0 Å². The van der Waals surface area contributed by atoms with Gasteiger partial charge in [0.2, 0.25) is 0 Å². The first-order valence-electron chi connectivity index (χ1n) is 4.70. The molecule has 0 fully saturated rings. The van der Waals surface area contributed by atoms with Crippen LogP contribution in [0.15, 0.2) is 24.3 Å². The van der Waals surface area contributed by atoms with Crippen molar-refractivity contribution >= 4 is 5.97 Å². The van der Waals surface area contributed by atoms with Crippen LogP contribution in [0.25, 0.3) is 0 Å². The van der Waals surface area contributed by atoms with E-state index in [9.17, 15) is 4.79 Å². The first-order chi connectivity index (χ1) is 6.59. The Morgan fingerprint density at radius 2 is 1.93 bits per heavy atom. The summed E-state index contributed by atoms with van der Waals surface area (Å²) in [5, 5.41) is 8.57. The third-order valence-electron chi connectivity index (χ3n) is 2.29. The van der Waals surface area contributed by atoms with E-state index in [0.29, 0.717) is 6.42 Å². The van der Waals surface area contributed by atoms with Crippen molar-refractivity contribution in [2.24, 2.45) is 17.4 Å². The molecule has 0 aromatic rings. The highest BCUT2D eigenvalue weighted by Crippen LogP contribution is 2.15. The van der Waals surface area contributed by atoms with Gasteiger partial charge in [-0.25, -0.2) is 0 Å². The van der Waals surface area contributed by atoms with Gasteiger partial charge in [0, 0.05) is 6.04 Å². The highest BCUT2D eigenvalue weighted by molar-refractivity contribution is 5.72. The Bertz CT molecular complexity index is 247. The van der Waals surface area contributed by atoms with E-state index in [4.69, 9.17) is 16.6 Å². The monoisotopic (exact) mass is 196 g/mol. The highest BCUT2D eigenvalue weighted by Gasteiger charge is 2.13. The van der Waals surface area contributed by atoms with Crippen LogP contribution in [-0.4, -0.2) is 23.2 Å². The second-order valence-electron chi connectivity index (χ2n) is 3.53. The zero-order valence-electron chi connectivity index (χ0n) is 7.97. The standard InChI is InChI=1S/C10H16N2O2/c11-8-4-1-7(2-5-8)3-6-9(12)10(13)14/h1-2,4-5,7-9H,3,6,11-12H2,(H,13,14). The van der Waals surface area contributed by atoms with Gasteiger partial charge in [-0.15, -0.1) is 0 Å². The van der Waals surface area contributed by atoms with Crippen LogP contribution in [0, 0.1) is 5.92 Å². The SMILES string of the molecule is NC1C=CC(CCC(N)C(=O)O)C=C1. The molecule has 0 bridgehead atoms. The molecular weight excluding hydrogens is 180 g/mol. The van der Waals surface area contributed by atoms with E-state index < -0.39 is 12.0 Å². The van der Waals surface area contributed by atoms with Crippen LogP contribution in [-0.2, 0) is 4.79 Å². The summed E-state index contributed by atoms with van der Waals surface area (Å²) >= 11 is 0. The van der Waals surface area contributed by atoms with Crippen molar-refractivity contribution in [1.29, 1.82) is 0 Å². The van der Waals surface area contributed by atoms with Gasteiger partial charge in [-0.05, 0) is 18.8 Å². The lowest BCUT2D eigenvalue weighted by Gasteiger charge is -2.14. The zero-order valence-corrected chi connectivity index (χ0v) is 7.97. The average Bonchev–Trinajstić information content (AvgIpc) is 2.16. The van der Waals surface area contributed by atoms with Crippen LogP contribution >= 0.6 is 0 Å². The second kappa shape index (κ2) is 4.93. The molecule has 0 spiro atoms. The molecule has 0 aliphatic heterocycles. The number of nitrogens with two attached hydrogens (primary N) is 2. The van der Waals surface area contributed by atoms with Crippen molar-refractivity contribution in [3.8, 4) is 0 Å². The maximum atomic E-state index is 10.4. The predicted octanol–water partition coefficient (Wildman–Crippen LogP) is 0.248. The molecule has 0 aromatic heterocycles. The number of carbonyl (C=O) groups is 1. The molecule has 4 nitrogen and oxygen atoms in total. The van der Waals surface area contributed by atoms with E-state index in [1.54, 1.807) is 0 Å². The predicted molar refractivity (Wildman–Crippen MR) is 54.6 cm³/mol. The maximum Gasteiger partial charge on any atom is 0.320 e. The molecular formula is C10H16N2O2. The summed E-state index contributed by atoms with van der Waals surface area (Å²) in [7, 11) is 0. The van der Waals surface area contributed by atoms with Gasteiger partial charge < -0.3 is 16.6 Å². The molecule has 0 saturated heterocycles. The quantitative estimate of drug-likeness (QED) is 0.562. The first-order valence-corrected chi connectivity index (χ1v) is 4.70. The lowest BCUT2D eigenvalue weighted by Crippen LogP contribution is -2.30. The number of carboxylic acid groups (broad SMARTS) is 1. The Kier molecular flexibility index (Phi) is 3.85. The number of allylic oxidation sites excluding steroid dienone is 2. The number of hydrogen-bond acceptors (Lipinski definition) is 3. The lowest BCUT2D eigenvalue weighted by atomic mass is 9.95. The molecule has 4 heteroatoms. The highest BCUT2D eigenvalue weighted by atomic mass is 16.4. The first kappa shape index (κ1) is 10.9. The van der Waals surface area contributed by atoms with Crippen molar-refractivity contribution in [3.05, 3.63) is 24.3 Å². The lowest BCUT2D eigenvalue weighted by molar-refractivity contribution is -0.138. The fourth-order valence-corrected chi connectivity index (χ4v) is 1.36. The molecule has 14 heavy (non-hydrogen) atoms. The van der Waals surface area contributed by atoms with E-state index in [1.165, 1.54) is 0 Å². The molecule has 0 amide bonds. The van der Waals surface area contributed by atoms with Gasteiger partial charge in [0.05, 0.1) is 0 Å². The summed E-state index contributed by atoms with van der Waals surface area (Å²) < 4.78 is 0. The summed E-state index contributed by atoms with van der Waals surface area (Å²) in [4.78, 5) is 10.4. The van der Waals surface area contributed by atoms with Crippen molar-refractivity contribution in [3.63, 3.8) is 0 Å². The van der Waals surface area contributed by atoms with E-state index >= 15 is 0 Å². The van der Waals surface area contributed by atoms with E-state index in [-0.39, 0.29) is 12.0 Å². The largest absolute Gasteiger partial charge is 0.480 e. The Balaban J connectivity index is 2.29. The van der Waals surface area contributed by atoms with Crippen LogP contribution in [0.2, 0.25) is 0 Å². The Morgan fingerprint density at radius 3 is 2.43 bits per heavy atom. The third-order valence-corrected chi connectivity index (χ3v) is 2.29. The Labute approximate surface area is 83.3 Å². The van der Waals surface area contributed by atoms with Crippen LogP contribution in [0.5, 0.6) is 0 Å². The normalized spacial score (nSPS) is 27.6. The Hall–Kier alpha value is -1.13. The van der Waals surface area contributed by atoms with Gasteiger partial charge in [-0.2, -0.15) is 0 Å². The smallest absolute Gasteiger partial charge is 0.320 e. The van der Waals surface area contributed by atoms with Crippen molar-refractivity contribution in [2.75, 3.05) is 0 Å². The Morgan fingerprint density at radius 1 is 1.36 bits per heavy atom. The van der Waals surface area contributed by atoms with Gasteiger partial charge >= 0.3 is 5.97 Å². The number of aliphatic carboxylic acids is 1. The minimum Gasteiger partial charge on any atom is -0.480 e. The maximum absolute atomic E-state index is 10.4. The molecule has 0 aromatic carbocycles. The zero-order chi connectivity index (χ0) is 10.6. The van der Waals surface area contributed by atoms with Gasteiger partial charge in [0.1, 0.15) is 6.04 Å². The topological polar surface area (TPSA) is 89.3 Å². The molecule has 1 unspecified atom stereocenters. The molecule has 0 heterocycles. The van der Waals surface area contributed by atoms with Crippen LogP contribution < -0.4 is 11.5 Å². The molecule has 0 saturated carbocycles. The summed E-state index contributed by atoms with van der Waals surface area (Å²) in [6.45, 7) is 0.